The van der Waals surface area contributed by atoms with Crippen LogP contribution in [0.15, 0.2) is 36.5 Å². The molecule has 0 saturated heterocycles. The van der Waals surface area contributed by atoms with Gasteiger partial charge in [-0.25, -0.2) is 4.57 Å². The lowest BCUT2D eigenvalue weighted by Gasteiger charge is -2.25. The van der Waals surface area contributed by atoms with Crippen LogP contribution < -0.4 is 5.32 Å². The van der Waals surface area contributed by atoms with Crippen LogP contribution in [0.5, 0.6) is 0 Å². The second-order valence-electron chi connectivity index (χ2n) is 12.2. The summed E-state index contributed by atoms with van der Waals surface area (Å²) in [6.45, 7) is 4.64. The molecule has 0 aliphatic heterocycles. The van der Waals surface area contributed by atoms with Gasteiger partial charge in [0.05, 0.1) is 39.9 Å². The normalized spacial score (nSPS) is 15.5. The van der Waals surface area contributed by atoms with E-state index < -0.39 is 20.0 Å². The predicted molar refractivity (Wildman–Crippen MR) is 175 cm³/mol. The van der Waals surface area contributed by atoms with Crippen molar-refractivity contribution in [1.82, 2.24) is 5.32 Å². The number of phosphoric acid groups is 1. The Labute approximate surface area is 257 Å². The SMILES string of the molecule is CCCC/C=C/CC/C=C/C(O)C(COP(=O)(O)OCC[N+](C)(C)C)NC(=O)CCCCCCC/C=C\CCCCC. The molecule has 0 aromatic rings. The average Bonchev–Trinajstić information content (AvgIpc) is 2.92. The zero-order valence-corrected chi connectivity index (χ0v) is 28.4. The van der Waals surface area contributed by atoms with Crippen LogP contribution in [0.2, 0.25) is 0 Å². The molecule has 0 aliphatic rings. The van der Waals surface area contributed by atoms with Crippen LogP contribution in [0.25, 0.3) is 0 Å². The van der Waals surface area contributed by atoms with E-state index in [2.05, 4.69) is 43.5 Å². The summed E-state index contributed by atoms with van der Waals surface area (Å²) in [7, 11) is 1.54. The number of hydrogen-bond donors (Lipinski definition) is 3. The number of likely N-dealkylation sites (N-methyl/N-ethyl adjacent to an activating group) is 1. The molecule has 42 heavy (non-hydrogen) atoms. The van der Waals surface area contributed by atoms with Crippen LogP contribution in [0, 0.1) is 0 Å². The minimum atomic E-state index is -4.33. The van der Waals surface area contributed by atoms with Crippen LogP contribution in [0.3, 0.4) is 0 Å². The number of quaternary nitrogens is 1. The van der Waals surface area contributed by atoms with E-state index in [0.717, 1.165) is 51.4 Å². The van der Waals surface area contributed by atoms with Crippen molar-refractivity contribution in [2.45, 2.75) is 129 Å². The van der Waals surface area contributed by atoms with Crippen LogP contribution in [0.1, 0.15) is 117 Å². The third-order valence-corrected chi connectivity index (χ3v) is 7.82. The number of carbonyl (C=O) groups is 1. The molecular weight excluding hydrogens is 551 g/mol. The summed E-state index contributed by atoms with van der Waals surface area (Å²) in [6.07, 6.45) is 27.9. The van der Waals surface area contributed by atoms with Gasteiger partial charge >= 0.3 is 7.82 Å². The molecule has 9 heteroatoms. The summed E-state index contributed by atoms with van der Waals surface area (Å²) < 4.78 is 23.2. The van der Waals surface area contributed by atoms with Gasteiger partial charge in [-0.05, 0) is 51.4 Å². The highest BCUT2D eigenvalue weighted by Crippen LogP contribution is 2.43. The smallest absolute Gasteiger partial charge is 0.387 e. The third kappa shape index (κ3) is 27.5. The Kier molecular flexibility index (Phi) is 25.4. The fourth-order valence-corrected chi connectivity index (χ4v) is 4.83. The Morgan fingerprint density at radius 1 is 0.786 bits per heavy atom. The van der Waals surface area contributed by atoms with E-state index in [1.807, 2.05) is 27.2 Å². The molecule has 0 aliphatic carbocycles. The van der Waals surface area contributed by atoms with Crippen LogP contribution in [-0.2, 0) is 18.4 Å². The molecule has 0 saturated carbocycles. The summed E-state index contributed by atoms with van der Waals surface area (Å²) in [5.41, 5.74) is 0. The minimum absolute atomic E-state index is 0.0534. The van der Waals surface area contributed by atoms with E-state index in [1.54, 1.807) is 6.08 Å². The fraction of sp³-hybridized carbons (Fsp3) is 0.788. The molecule has 0 aromatic carbocycles. The molecular formula is C33H64N2O6P+. The number of unbranched alkanes of at least 4 members (excludes halogenated alkanes) is 11. The Balaban J connectivity index is 4.66. The van der Waals surface area contributed by atoms with E-state index in [9.17, 15) is 19.4 Å². The number of aliphatic hydroxyl groups is 1. The van der Waals surface area contributed by atoms with Crippen molar-refractivity contribution >= 4 is 13.7 Å². The molecule has 0 aromatic heterocycles. The number of allylic oxidation sites excluding steroid dienone is 5. The van der Waals surface area contributed by atoms with Crippen molar-refractivity contribution in [3.8, 4) is 0 Å². The molecule has 0 fully saturated rings. The first-order chi connectivity index (χ1) is 20.0. The number of phosphoric ester groups is 1. The van der Waals surface area contributed by atoms with Gasteiger partial charge in [0.2, 0.25) is 5.91 Å². The van der Waals surface area contributed by atoms with Crippen molar-refractivity contribution in [2.24, 2.45) is 0 Å². The maximum absolute atomic E-state index is 12.7. The molecule has 3 unspecified atom stereocenters. The zero-order valence-electron chi connectivity index (χ0n) is 27.5. The second-order valence-corrected chi connectivity index (χ2v) is 13.6. The summed E-state index contributed by atoms with van der Waals surface area (Å²) in [5, 5.41) is 13.6. The van der Waals surface area contributed by atoms with Gasteiger partial charge in [-0.2, -0.15) is 0 Å². The molecule has 3 atom stereocenters. The van der Waals surface area contributed by atoms with Crippen molar-refractivity contribution in [3.63, 3.8) is 0 Å². The van der Waals surface area contributed by atoms with E-state index in [0.29, 0.717) is 17.4 Å². The quantitative estimate of drug-likeness (QED) is 0.0362. The number of aliphatic hydroxyl groups excluding tert-OH is 1. The summed E-state index contributed by atoms with van der Waals surface area (Å²) >= 11 is 0. The van der Waals surface area contributed by atoms with Gasteiger partial charge in [-0.1, -0.05) is 95.2 Å². The molecule has 0 heterocycles. The van der Waals surface area contributed by atoms with E-state index in [1.165, 1.54) is 44.9 Å². The molecule has 8 nitrogen and oxygen atoms in total. The number of carbonyl (C=O) groups excluding carboxylic acids is 1. The lowest BCUT2D eigenvalue weighted by atomic mass is 10.1. The molecule has 246 valence electrons. The first-order valence-electron chi connectivity index (χ1n) is 16.4. The van der Waals surface area contributed by atoms with Gasteiger partial charge in [-0.15, -0.1) is 0 Å². The monoisotopic (exact) mass is 615 g/mol. The van der Waals surface area contributed by atoms with Crippen molar-refractivity contribution in [1.29, 1.82) is 0 Å². The largest absolute Gasteiger partial charge is 0.472 e. The lowest BCUT2D eigenvalue weighted by Crippen LogP contribution is -2.45. The van der Waals surface area contributed by atoms with E-state index in [4.69, 9.17) is 9.05 Å². The summed E-state index contributed by atoms with van der Waals surface area (Å²) in [5.74, 6) is -0.205. The number of rotatable bonds is 28. The number of amides is 1. The summed E-state index contributed by atoms with van der Waals surface area (Å²) in [6, 6.07) is -0.861. The van der Waals surface area contributed by atoms with Crippen molar-refractivity contribution in [3.05, 3.63) is 36.5 Å². The summed E-state index contributed by atoms with van der Waals surface area (Å²) in [4.78, 5) is 22.8. The highest BCUT2D eigenvalue weighted by molar-refractivity contribution is 7.47. The van der Waals surface area contributed by atoms with Gasteiger partial charge in [0.1, 0.15) is 13.2 Å². The Bertz CT molecular complexity index is 794. The van der Waals surface area contributed by atoms with Crippen molar-refractivity contribution < 1.29 is 32.9 Å². The first kappa shape index (κ1) is 40.7. The van der Waals surface area contributed by atoms with E-state index >= 15 is 0 Å². The molecule has 1 amide bonds. The fourth-order valence-electron chi connectivity index (χ4n) is 4.09. The second kappa shape index (κ2) is 26.2. The zero-order chi connectivity index (χ0) is 31.5. The maximum Gasteiger partial charge on any atom is 0.472 e. The van der Waals surface area contributed by atoms with Crippen molar-refractivity contribution in [2.75, 3.05) is 40.9 Å². The Morgan fingerprint density at radius 2 is 1.33 bits per heavy atom. The topological polar surface area (TPSA) is 105 Å². The van der Waals surface area contributed by atoms with Crippen LogP contribution >= 0.6 is 7.82 Å². The molecule has 3 N–H and O–H groups in total. The molecule has 0 bridgehead atoms. The lowest BCUT2D eigenvalue weighted by molar-refractivity contribution is -0.870. The first-order valence-corrected chi connectivity index (χ1v) is 17.9. The van der Waals surface area contributed by atoms with Gasteiger partial charge in [0.15, 0.2) is 0 Å². The van der Waals surface area contributed by atoms with Gasteiger partial charge in [-0.3, -0.25) is 13.8 Å². The predicted octanol–water partition coefficient (Wildman–Crippen LogP) is 7.62. The number of nitrogens with zero attached hydrogens (tertiary/aromatic N) is 1. The van der Waals surface area contributed by atoms with Gasteiger partial charge in [0.25, 0.3) is 0 Å². The van der Waals surface area contributed by atoms with Gasteiger partial charge < -0.3 is 19.8 Å². The minimum Gasteiger partial charge on any atom is -0.387 e. The molecule has 0 rings (SSSR count). The number of hydrogen-bond acceptors (Lipinski definition) is 5. The molecule has 0 radical (unpaired) electrons. The van der Waals surface area contributed by atoms with E-state index in [-0.39, 0.29) is 19.1 Å². The highest BCUT2D eigenvalue weighted by Gasteiger charge is 2.27. The highest BCUT2D eigenvalue weighted by atomic mass is 31.2. The maximum atomic E-state index is 12.7. The third-order valence-electron chi connectivity index (χ3n) is 6.83. The Morgan fingerprint density at radius 3 is 1.98 bits per heavy atom. The van der Waals surface area contributed by atoms with Gasteiger partial charge in [0, 0.05) is 6.42 Å². The molecule has 0 spiro atoms. The number of nitrogens with one attached hydrogen (secondary N) is 1. The van der Waals surface area contributed by atoms with Crippen LogP contribution in [-0.4, -0.2) is 73.4 Å². The standard InChI is InChI=1S/C33H63N2O6P/c1-6-8-10-12-14-16-17-18-19-21-23-25-27-33(37)34-31(30-41-42(38,39)40-29-28-35(3,4)5)32(36)26-24-22-20-15-13-11-9-7-2/h13-16,24,26,31-32,36H,6-12,17-23,25,27-30H2,1-5H3,(H-,34,37,38,39)/p+1/b15-13+,16-14-,26-24+. The van der Waals surface area contributed by atoms with Crippen LogP contribution in [0.4, 0.5) is 0 Å². The Hall–Kier alpha value is -1.28. The average molecular weight is 616 g/mol.